The number of imidazole rings is 1. The maximum atomic E-state index is 12.5. The minimum Gasteiger partial charge on any atom is -0.383 e. The van der Waals surface area contributed by atoms with Crippen molar-refractivity contribution in [2.24, 2.45) is 5.92 Å². The number of hydrogen-bond donors (Lipinski definition) is 1. The van der Waals surface area contributed by atoms with Crippen LogP contribution in [0.3, 0.4) is 0 Å². The van der Waals surface area contributed by atoms with Crippen molar-refractivity contribution < 1.29 is 9.90 Å². The highest BCUT2D eigenvalue weighted by Gasteiger charge is 2.32. The largest absolute Gasteiger partial charge is 0.383 e. The van der Waals surface area contributed by atoms with Gasteiger partial charge in [-0.05, 0) is 25.7 Å². The van der Waals surface area contributed by atoms with Crippen LogP contribution in [-0.4, -0.2) is 38.1 Å². The van der Waals surface area contributed by atoms with Gasteiger partial charge in [0, 0.05) is 19.3 Å². The molecule has 5 heteroatoms. The summed E-state index contributed by atoms with van der Waals surface area (Å²) in [7, 11) is 0. The fraction of sp³-hybridized carbons (Fsp3) is 0.733. The molecule has 1 aliphatic carbocycles. The topological polar surface area (TPSA) is 58.4 Å². The molecular weight excluding hydrogens is 254 g/mol. The molecule has 1 aliphatic heterocycles. The van der Waals surface area contributed by atoms with E-state index in [1.54, 1.807) is 4.90 Å². The minimum atomic E-state index is -0.821. The standard InChI is InChI=1S/C15H23N3O2/c1-11-9-17-7-8-18(10-13(17)16-11)15(20)14(19)12-5-3-2-4-6-12/h9,12,14,19H,2-8,10H2,1H3. The summed E-state index contributed by atoms with van der Waals surface area (Å²) >= 11 is 0. The molecule has 1 atom stereocenters. The van der Waals surface area contributed by atoms with E-state index in [0.717, 1.165) is 43.7 Å². The summed E-state index contributed by atoms with van der Waals surface area (Å²) in [6.07, 6.45) is 6.67. The molecule has 1 N–H and O–H groups in total. The van der Waals surface area contributed by atoms with Crippen LogP contribution in [0.4, 0.5) is 0 Å². The first-order chi connectivity index (χ1) is 9.65. The second-order valence-electron chi connectivity index (χ2n) is 6.09. The van der Waals surface area contributed by atoms with Crippen LogP contribution in [0.1, 0.15) is 43.6 Å². The zero-order chi connectivity index (χ0) is 14.1. The summed E-state index contributed by atoms with van der Waals surface area (Å²) in [4.78, 5) is 18.7. The third-order valence-corrected chi connectivity index (χ3v) is 4.58. The van der Waals surface area contributed by atoms with Gasteiger partial charge in [-0.2, -0.15) is 0 Å². The molecule has 3 rings (SSSR count). The minimum absolute atomic E-state index is 0.108. The van der Waals surface area contributed by atoms with Crippen molar-refractivity contribution in [3.05, 3.63) is 17.7 Å². The third kappa shape index (κ3) is 2.59. The van der Waals surface area contributed by atoms with Gasteiger partial charge in [0.2, 0.25) is 0 Å². The molecule has 0 bridgehead atoms. The number of carbonyl (C=O) groups is 1. The molecule has 1 aromatic rings. The van der Waals surface area contributed by atoms with E-state index in [1.165, 1.54) is 6.42 Å². The summed E-state index contributed by atoms with van der Waals surface area (Å²) < 4.78 is 2.10. The third-order valence-electron chi connectivity index (χ3n) is 4.58. The maximum absolute atomic E-state index is 12.5. The highest BCUT2D eigenvalue weighted by molar-refractivity contribution is 5.81. The van der Waals surface area contributed by atoms with Crippen LogP contribution in [-0.2, 0) is 17.9 Å². The van der Waals surface area contributed by atoms with Crippen molar-refractivity contribution >= 4 is 5.91 Å². The summed E-state index contributed by atoms with van der Waals surface area (Å²) in [5.41, 5.74) is 0.988. The Morgan fingerprint density at radius 3 is 2.85 bits per heavy atom. The SMILES string of the molecule is Cc1cn2c(n1)CN(C(=O)C(O)C1CCCCC1)CC2. The van der Waals surface area contributed by atoms with Gasteiger partial charge in [-0.25, -0.2) is 4.98 Å². The molecule has 2 heterocycles. The van der Waals surface area contributed by atoms with Crippen LogP contribution in [0.5, 0.6) is 0 Å². The summed E-state index contributed by atoms with van der Waals surface area (Å²) in [5.74, 6) is 0.974. The smallest absolute Gasteiger partial charge is 0.252 e. The van der Waals surface area contributed by atoms with Gasteiger partial charge in [0.05, 0.1) is 12.2 Å². The Kier molecular flexibility index (Phi) is 3.78. The van der Waals surface area contributed by atoms with E-state index < -0.39 is 6.10 Å². The Hall–Kier alpha value is -1.36. The predicted molar refractivity (Wildman–Crippen MR) is 75.0 cm³/mol. The molecule has 1 saturated carbocycles. The molecule has 1 aromatic heterocycles. The lowest BCUT2D eigenvalue weighted by atomic mass is 9.85. The number of aliphatic hydroxyl groups is 1. The van der Waals surface area contributed by atoms with Gasteiger partial charge in [0.15, 0.2) is 0 Å². The summed E-state index contributed by atoms with van der Waals surface area (Å²) in [6.45, 7) is 3.94. The van der Waals surface area contributed by atoms with Crippen molar-refractivity contribution in [2.45, 2.75) is 58.2 Å². The summed E-state index contributed by atoms with van der Waals surface area (Å²) in [6, 6.07) is 0. The quantitative estimate of drug-likeness (QED) is 0.890. The zero-order valence-electron chi connectivity index (χ0n) is 12.1. The number of hydrogen-bond acceptors (Lipinski definition) is 3. The van der Waals surface area contributed by atoms with Gasteiger partial charge in [0.25, 0.3) is 5.91 Å². The lowest BCUT2D eigenvalue weighted by Crippen LogP contribution is -2.46. The second kappa shape index (κ2) is 5.56. The molecule has 1 fully saturated rings. The van der Waals surface area contributed by atoms with Gasteiger partial charge < -0.3 is 14.6 Å². The Bertz CT molecular complexity index is 491. The van der Waals surface area contributed by atoms with Crippen LogP contribution in [0.2, 0.25) is 0 Å². The van der Waals surface area contributed by atoms with E-state index in [1.807, 2.05) is 13.1 Å². The first-order valence-electron chi connectivity index (χ1n) is 7.64. The van der Waals surface area contributed by atoms with E-state index in [4.69, 9.17) is 0 Å². The number of aromatic nitrogens is 2. The van der Waals surface area contributed by atoms with Crippen molar-refractivity contribution in [1.29, 1.82) is 0 Å². The van der Waals surface area contributed by atoms with E-state index in [-0.39, 0.29) is 11.8 Å². The molecule has 0 spiro atoms. The first-order valence-corrected chi connectivity index (χ1v) is 7.64. The molecular formula is C15H23N3O2. The van der Waals surface area contributed by atoms with Crippen molar-refractivity contribution in [1.82, 2.24) is 14.5 Å². The molecule has 5 nitrogen and oxygen atoms in total. The molecule has 0 radical (unpaired) electrons. The van der Waals surface area contributed by atoms with Crippen LogP contribution >= 0.6 is 0 Å². The monoisotopic (exact) mass is 277 g/mol. The van der Waals surface area contributed by atoms with Crippen LogP contribution in [0.25, 0.3) is 0 Å². The molecule has 0 saturated heterocycles. The molecule has 20 heavy (non-hydrogen) atoms. The average molecular weight is 277 g/mol. The summed E-state index contributed by atoms with van der Waals surface area (Å²) in [5, 5.41) is 10.3. The van der Waals surface area contributed by atoms with Crippen LogP contribution < -0.4 is 0 Å². The van der Waals surface area contributed by atoms with Gasteiger partial charge in [-0.15, -0.1) is 0 Å². The van der Waals surface area contributed by atoms with Crippen LogP contribution in [0.15, 0.2) is 6.20 Å². The number of nitrogens with zero attached hydrogens (tertiary/aromatic N) is 3. The molecule has 1 amide bonds. The van der Waals surface area contributed by atoms with Crippen molar-refractivity contribution in [3.8, 4) is 0 Å². The second-order valence-corrected chi connectivity index (χ2v) is 6.09. The normalized spacial score (nSPS) is 21.6. The van der Waals surface area contributed by atoms with E-state index >= 15 is 0 Å². The lowest BCUT2D eigenvalue weighted by molar-refractivity contribution is -0.145. The van der Waals surface area contributed by atoms with Crippen molar-refractivity contribution in [2.75, 3.05) is 6.54 Å². The molecule has 2 aliphatic rings. The average Bonchev–Trinajstić information content (AvgIpc) is 2.85. The number of carbonyl (C=O) groups excluding carboxylic acids is 1. The highest BCUT2D eigenvalue weighted by atomic mass is 16.3. The van der Waals surface area contributed by atoms with Crippen LogP contribution in [0, 0.1) is 12.8 Å². The molecule has 1 unspecified atom stereocenters. The fourth-order valence-corrected chi connectivity index (χ4v) is 3.42. The van der Waals surface area contributed by atoms with Gasteiger partial charge in [-0.3, -0.25) is 4.79 Å². The van der Waals surface area contributed by atoms with E-state index in [2.05, 4.69) is 9.55 Å². The zero-order valence-corrected chi connectivity index (χ0v) is 12.1. The van der Waals surface area contributed by atoms with E-state index in [0.29, 0.717) is 13.1 Å². The Morgan fingerprint density at radius 1 is 1.35 bits per heavy atom. The number of amides is 1. The number of rotatable bonds is 2. The maximum Gasteiger partial charge on any atom is 0.252 e. The number of fused-ring (bicyclic) bond motifs is 1. The Balaban J connectivity index is 1.65. The highest BCUT2D eigenvalue weighted by Crippen LogP contribution is 2.28. The Morgan fingerprint density at radius 2 is 2.10 bits per heavy atom. The predicted octanol–water partition coefficient (Wildman–Crippen LogP) is 1.47. The van der Waals surface area contributed by atoms with E-state index in [9.17, 15) is 9.90 Å². The fourth-order valence-electron chi connectivity index (χ4n) is 3.42. The lowest BCUT2D eigenvalue weighted by Gasteiger charge is -2.33. The molecule has 0 aromatic carbocycles. The van der Waals surface area contributed by atoms with Gasteiger partial charge in [0.1, 0.15) is 11.9 Å². The van der Waals surface area contributed by atoms with Gasteiger partial charge >= 0.3 is 0 Å². The molecule has 110 valence electrons. The number of aryl methyl sites for hydroxylation is 1. The van der Waals surface area contributed by atoms with Gasteiger partial charge in [-0.1, -0.05) is 19.3 Å². The Labute approximate surface area is 119 Å². The number of aliphatic hydroxyl groups excluding tert-OH is 1. The van der Waals surface area contributed by atoms with Crippen molar-refractivity contribution in [3.63, 3.8) is 0 Å². The first kappa shape index (κ1) is 13.6.